The molecule has 2 heterocycles. The Morgan fingerprint density at radius 1 is 1.62 bits per heavy atom. The molecule has 13 heavy (non-hydrogen) atoms. The third-order valence-electron chi connectivity index (χ3n) is 1.47. The fourth-order valence-corrected chi connectivity index (χ4v) is 1.82. The maximum atomic E-state index is 11.2. The van der Waals surface area contributed by atoms with Gasteiger partial charge in [-0.3, -0.25) is 4.79 Å². The first kappa shape index (κ1) is 8.52. The minimum absolute atomic E-state index is 0.0681. The molecule has 0 spiro atoms. The highest BCUT2D eigenvalue weighted by Gasteiger charge is 2.22. The van der Waals surface area contributed by atoms with Crippen molar-refractivity contribution in [3.8, 4) is 0 Å². The number of carbonyl (C=O) groups excluding carboxylic acids is 1. The second-order valence-corrected chi connectivity index (χ2v) is 4.03. The van der Waals surface area contributed by atoms with Crippen LogP contribution in [-0.4, -0.2) is 9.44 Å². The Morgan fingerprint density at radius 2 is 2.46 bits per heavy atom. The van der Waals surface area contributed by atoms with Crippen LogP contribution >= 0.6 is 24.0 Å². The second-order valence-electron chi connectivity index (χ2n) is 2.38. The van der Waals surface area contributed by atoms with Crippen LogP contribution in [0.3, 0.4) is 0 Å². The van der Waals surface area contributed by atoms with Gasteiger partial charge in [0.1, 0.15) is 10.1 Å². The number of hydrogen-bond acceptors (Lipinski definition) is 4. The molecule has 0 atom stereocenters. The number of rotatable bonds is 1. The van der Waals surface area contributed by atoms with Gasteiger partial charge in [0, 0.05) is 6.08 Å². The van der Waals surface area contributed by atoms with E-state index in [2.05, 4.69) is 5.32 Å². The average Bonchev–Trinajstić information content (AvgIpc) is 2.63. The van der Waals surface area contributed by atoms with Crippen molar-refractivity contribution in [3.63, 3.8) is 0 Å². The van der Waals surface area contributed by atoms with Crippen LogP contribution in [0.4, 0.5) is 0 Å². The van der Waals surface area contributed by atoms with Crippen molar-refractivity contribution in [1.82, 2.24) is 5.32 Å². The third kappa shape index (κ3) is 1.81. The summed E-state index contributed by atoms with van der Waals surface area (Å²) >= 11 is 5.85. The maximum absolute atomic E-state index is 11.2. The van der Waals surface area contributed by atoms with Crippen molar-refractivity contribution < 1.29 is 9.21 Å². The molecule has 0 aliphatic carbocycles. The van der Waals surface area contributed by atoms with E-state index in [0.717, 1.165) is 11.8 Å². The highest BCUT2D eigenvalue weighted by atomic mass is 32.2. The summed E-state index contributed by atoms with van der Waals surface area (Å²) in [6.45, 7) is 0. The van der Waals surface area contributed by atoms with E-state index in [0.29, 0.717) is 15.8 Å². The second kappa shape index (κ2) is 3.35. The number of furan rings is 1. The van der Waals surface area contributed by atoms with Crippen LogP contribution in [0.25, 0.3) is 6.08 Å². The monoisotopic (exact) mass is 211 g/mol. The van der Waals surface area contributed by atoms with Gasteiger partial charge >= 0.3 is 0 Å². The smallest absolute Gasteiger partial charge is 0.242 e. The number of thioether (sulfide) groups is 1. The zero-order valence-corrected chi connectivity index (χ0v) is 8.08. The average molecular weight is 211 g/mol. The van der Waals surface area contributed by atoms with Gasteiger partial charge < -0.3 is 9.73 Å². The Bertz CT molecular complexity index is 381. The van der Waals surface area contributed by atoms with Gasteiger partial charge in [-0.15, -0.1) is 0 Å². The van der Waals surface area contributed by atoms with Gasteiger partial charge in [0.25, 0.3) is 0 Å². The summed E-state index contributed by atoms with van der Waals surface area (Å²) < 4.78 is 5.55. The zero-order valence-electron chi connectivity index (χ0n) is 6.44. The molecule has 1 aromatic rings. The summed E-state index contributed by atoms with van der Waals surface area (Å²) in [5.41, 5.74) is 0.477. The van der Waals surface area contributed by atoms with E-state index in [1.165, 1.54) is 0 Å². The predicted molar refractivity (Wildman–Crippen MR) is 55.0 cm³/mol. The molecule has 1 aliphatic heterocycles. The minimum Gasteiger partial charge on any atom is -0.465 e. The standard InChI is InChI=1S/C8H5NO2S2/c10-7-6(9-8(12)13-7)4-5-2-1-3-11-5/h1-4H,(H,9,12)/b6-4-. The molecule has 0 unspecified atom stereocenters. The van der Waals surface area contributed by atoms with Crippen LogP contribution < -0.4 is 5.32 Å². The molecule has 1 saturated heterocycles. The lowest BCUT2D eigenvalue weighted by Crippen LogP contribution is -2.09. The first-order chi connectivity index (χ1) is 6.25. The van der Waals surface area contributed by atoms with Crippen molar-refractivity contribution in [3.05, 3.63) is 29.9 Å². The number of carbonyl (C=O) groups is 1. The Balaban J connectivity index is 2.27. The molecule has 0 aromatic carbocycles. The van der Waals surface area contributed by atoms with E-state index in [1.807, 2.05) is 0 Å². The molecule has 5 heteroatoms. The molecular weight excluding hydrogens is 206 g/mol. The van der Waals surface area contributed by atoms with Gasteiger partial charge in [-0.2, -0.15) is 0 Å². The highest BCUT2D eigenvalue weighted by Crippen LogP contribution is 2.20. The molecule has 1 aromatic heterocycles. The SMILES string of the molecule is O=C1SC(=S)N/C1=C\c1ccco1. The fraction of sp³-hybridized carbons (Fsp3) is 0. The molecule has 0 saturated carbocycles. The number of thiocarbonyl (C=S) groups is 1. The molecule has 1 aliphatic rings. The Hall–Kier alpha value is -1.07. The summed E-state index contributed by atoms with van der Waals surface area (Å²) in [5, 5.41) is 2.72. The van der Waals surface area contributed by atoms with E-state index in [-0.39, 0.29) is 5.12 Å². The summed E-state index contributed by atoms with van der Waals surface area (Å²) in [6.07, 6.45) is 3.19. The normalized spacial score (nSPS) is 19.5. The van der Waals surface area contributed by atoms with Gasteiger partial charge in [-0.1, -0.05) is 12.2 Å². The lowest BCUT2D eigenvalue weighted by Gasteiger charge is -1.92. The van der Waals surface area contributed by atoms with Gasteiger partial charge in [0.2, 0.25) is 5.12 Å². The van der Waals surface area contributed by atoms with Gasteiger partial charge in [-0.05, 0) is 23.9 Å². The van der Waals surface area contributed by atoms with Crippen LogP contribution in [0.2, 0.25) is 0 Å². The van der Waals surface area contributed by atoms with Crippen LogP contribution in [0.5, 0.6) is 0 Å². The van der Waals surface area contributed by atoms with Crippen LogP contribution in [0.15, 0.2) is 28.5 Å². The molecule has 66 valence electrons. The molecule has 0 radical (unpaired) electrons. The largest absolute Gasteiger partial charge is 0.465 e. The van der Waals surface area contributed by atoms with Crippen molar-refractivity contribution >= 4 is 39.5 Å². The van der Waals surface area contributed by atoms with E-state index in [9.17, 15) is 4.79 Å². The third-order valence-corrected chi connectivity index (χ3v) is 2.52. The first-order valence-corrected chi connectivity index (χ1v) is 4.76. The molecular formula is C8H5NO2S2. The summed E-state index contributed by atoms with van der Waals surface area (Å²) in [5.74, 6) is 0.640. The summed E-state index contributed by atoms with van der Waals surface area (Å²) in [4.78, 5) is 11.2. The fourth-order valence-electron chi connectivity index (χ4n) is 0.936. The van der Waals surface area contributed by atoms with Crippen molar-refractivity contribution in [1.29, 1.82) is 0 Å². The quantitative estimate of drug-likeness (QED) is 0.566. The van der Waals surface area contributed by atoms with Crippen molar-refractivity contribution in [2.75, 3.05) is 0 Å². The lowest BCUT2D eigenvalue weighted by atomic mass is 10.3. The van der Waals surface area contributed by atoms with E-state index >= 15 is 0 Å². The van der Waals surface area contributed by atoms with Gasteiger partial charge in [0.05, 0.1) is 12.0 Å². The molecule has 0 bridgehead atoms. The Labute approximate surface area is 84.2 Å². The Morgan fingerprint density at radius 3 is 3.00 bits per heavy atom. The van der Waals surface area contributed by atoms with Crippen molar-refractivity contribution in [2.24, 2.45) is 0 Å². The molecule has 0 amide bonds. The molecule has 1 fully saturated rings. The molecule has 2 rings (SSSR count). The van der Waals surface area contributed by atoms with Gasteiger partial charge in [0.15, 0.2) is 0 Å². The number of hydrogen-bond donors (Lipinski definition) is 1. The molecule has 3 nitrogen and oxygen atoms in total. The van der Waals surface area contributed by atoms with Crippen LogP contribution in [0.1, 0.15) is 5.76 Å². The predicted octanol–water partition coefficient (Wildman–Crippen LogP) is 1.77. The minimum atomic E-state index is -0.0681. The maximum Gasteiger partial charge on any atom is 0.242 e. The Kier molecular flexibility index (Phi) is 2.20. The summed E-state index contributed by atoms with van der Waals surface area (Å²) in [6, 6.07) is 3.53. The zero-order chi connectivity index (χ0) is 9.26. The molecule has 1 N–H and O–H groups in total. The van der Waals surface area contributed by atoms with E-state index in [4.69, 9.17) is 16.6 Å². The highest BCUT2D eigenvalue weighted by molar-refractivity contribution is 8.33. The van der Waals surface area contributed by atoms with E-state index < -0.39 is 0 Å². The topological polar surface area (TPSA) is 42.2 Å². The first-order valence-electron chi connectivity index (χ1n) is 3.54. The van der Waals surface area contributed by atoms with Crippen molar-refractivity contribution in [2.45, 2.75) is 0 Å². The van der Waals surface area contributed by atoms with Crippen LogP contribution in [0, 0.1) is 0 Å². The van der Waals surface area contributed by atoms with Gasteiger partial charge in [-0.25, -0.2) is 0 Å². The number of nitrogens with one attached hydrogen (secondary N) is 1. The van der Waals surface area contributed by atoms with Crippen LogP contribution in [-0.2, 0) is 4.79 Å². The lowest BCUT2D eigenvalue weighted by molar-refractivity contribution is -0.107. The summed E-state index contributed by atoms with van der Waals surface area (Å²) in [7, 11) is 0. The van der Waals surface area contributed by atoms with E-state index in [1.54, 1.807) is 24.5 Å².